The first-order chi connectivity index (χ1) is 11.1. The van der Waals surface area contributed by atoms with Crippen LogP contribution >= 0.6 is 15.9 Å². The summed E-state index contributed by atoms with van der Waals surface area (Å²) in [5.74, 6) is 1.45. The van der Waals surface area contributed by atoms with Crippen LogP contribution in [0.15, 0.2) is 22.7 Å². The summed E-state index contributed by atoms with van der Waals surface area (Å²) in [6.45, 7) is 0.532. The minimum absolute atomic E-state index is 0.0953. The molecule has 1 amide bonds. The zero-order chi connectivity index (χ0) is 16.7. The van der Waals surface area contributed by atoms with Gasteiger partial charge in [-0.2, -0.15) is 0 Å². The zero-order valence-electron chi connectivity index (χ0n) is 13.8. The van der Waals surface area contributed by atoms with E-state index in [9.17, 15) is 4.79 Å². The molecule has 1 saturated carbocycles. The molecule has 1 aliphatic carbocycles. The maximum atomic E-state index is 12.2. The molecular formula is C18H27BrN2O2. The summed E-state index contributed by atoms with van der Waals surface area (Å²) in [5.41, 5.74) is 7.00. The maximum Gasteiger partial charge on any atom is 0.220 e. The summed E-state index contributed by atoms with van der Waals surface area (Å²) in [6, 6.07) is 6.05. The average molecular weight is 383 g/mol. The van der Waals surface area contributed by atoms with Crippen molar-refractivity contribution in [2.45, 2.75) is 51.0 Å². The second-order valence-electron chi connectivity index (χ2n) is 6.28. The molecule has 3 N–H and O–H groups in total. The van der Waals surface area contributed by atoms with E-state index >= 15 is 0 Å². The SMILES string of the molecule is COc1ccc(CCC(=O)NC(CN)C2CCCCC2)cc1Br. The molecule has 5 heteroatoms. The van der Waals surface area contributed by atoms with Crippen LogP contribution in [-0.4, -0.2) is 25.6 Å². The number of carbonyl (C=O) groups is 1. The van der Waals surface area contributed by atoms with Gasteiger partial charge >= 0.3 is 0 Å². The highest BCUT2D eigenvalue weighted by Gasteiger charge is 2.23. The van der Waals surface area contributed by atoms with Gasteiger partial charge in [0.05, 0.1) is 11.6 Å². The van der Waals surface area contributed by atoms with E-state index in [1.807, 2.05) is 18.2 Å². The fourth-order valence-electron chi connectivity index (χ4n) is 3.31. The van der Waals surface area contributed by atoms with Crippen molar-refractivity contribution in [2.24, 2.45) is 11.7 Å². The van der Waals surface area contributed by atoms with Crippen LogP contribution in [0.2, 0.25) is 0 Å². The van der Waals surface area contributed by atoms with Gasteiger partial charge in [0.15, 0.2) is 0 Å². The Morgan fingerprint density at radius 1 is 1.39 bits per heavy atom. The Morgan fingerprint density at radius 3 is 2.74 bits per heavy atom. The number of aryl methyl sites for hydroxylation is 1. The Morgan fingerprint density at radius 2 is 2.13 bits per heavy atom. The maximum absolute atomic E-state index is 12.2. The number of amides is 1. The van der Waals surface area contributed by atoms with Crippen molar-refractivity contribution in [1.29, 1.82) is 0 Å². The molecular weight excluding hydrogens is 356 g/mol. The molecule has 1 atom stereocenters. The number of halogens is 1. The number of carbonyl (C=O) groups excluding carboxylic acids is 1. The molecule has 0 aromatic heterocycles. The Balaban J connectivity index is 1.82. The van der Waals surface area contributed by atoms with Crippen LogP contribution in [-0.2, 0) is 11.2 Å². The fourth-order valence-corrected chi connectivity index (χ4v) is 3.90. The smallest absolute Gasteiger partial charge is 0.220 e. The predicted molar refractivity (Wildman–Crippen MR) is 96.6 cm³/mol. The summed E-state index contributed by atoms with van der Waals surface area (Å²) < 4.78 is 6.14. The van der Waals surface area contributed by atoms with Crippen LogP contribution in [0.5, 0.6) is 5.75 Å². The van der Waals surface area contributed by atoms with Gasteiger partial charge in [0.25, 0.3) is 0 Å². The second kappa shape index (κ2) is 9.28. The molecule has 1 fully saturated rings. The van der Waals surface area contributed by atoms with E-state index in [1.165, 1.54) is 32.1 Å². The molecule has 0 saturated heterocycles. The van der Waals surface area contributed by atoms with Gasteiger partial charge in [-0.1, -0.05) is 25.3 Å². The van der Waals surface area contributed by atoms with Crippen LogP contribution in [0.1, 0.15) is 44.1 Å². The molecule has 1 aliphatic rings. The van der Waals surface area contributed by atoms with Gasteiger partial charge < -0.3 is 15.8 Å². The van der Waals surface area contributed by atoms with E-state index in [4.69, 9.17) is 10.5 Å². The molecule has 0 radical (unpaired) electrons. The highest BCUT2D eigenvalue weighted by atomic mass is 79.9. The molecule has 1 aromatic carbocycles. The zero-order valence-corrected chi connectivity index (χ0v) is 15.4. The van der Waals surface area contributed by atoms with Crippen LogP contribution < -0.4 is 15.8 Å². The number of benzene rings is 1. The number of rotatable bonds is 7. The van der Waals surface area contributed by atoms with E-state index in [-0.39, 0.29) is 11.9 Å². The van der Waals surface area contributed by atoms with E-state index in [1.54, 1.807) is 7.11 Å². The predicted octanol–water partition coefficient (Wildman–Crippen LogP) is 3.41. The minimum Gasteiger partial charge on any atom is -0.496 e. The standard InChI is InChI=1S/C18H27BrN2O2/c1-23-17-9-7-13(11-15(17)19)8-10-18(22)21-16(12-20)14-5-3-2-4-6-14/h7,9,11,14,16H,2-6,8,10,12,20H2,1H3,(H,21,22). The third kappa shape index (κ3) is 5.50. The van der Waals surface area contributed by atoms with Crippen molar-refractivity contribution >= 4 is 21.8 Å². The third-order valence-corrected chi connectivity index (χ3v) is 5.30. The Bertz CT molecular complexity index is 516. The highest BCUT2D eigenvalue weighted by Crippen LogP contribution is 2.27. The summed E-state index contributed by atoms with van der Waals surface area (Å²) >= 11 is 3.48. The van der Waals surface area contributed by atoms with Crippen molar-refractivity contribution in [3.63, 3.8) is 0 Å². The van der Waals surface area contributed by atoms with Crippen molar-refractivity contribution in [2.75, 3.05) is 13.7 Å². The quantitative estimate of drug-likeness (QED) is 0.759. The first kappa shape index (κ1) is 18.3. The van der Waals surface area contributed by atoms with Gasteiger partial charge in [-0.05, 0) is 58.8 Å². The van der Waals surface area contributed by atoms with Gasteiger partial charge in [-0.15, -0.1) is 0 Å². The van der Waals surface area contributed by atoms with E-state index in [0.29, 0.717) is 18.9 Å². The van der Waals surface area contributed by atoms with Crippen LogP contribution in [0, 0.1) is 5.92 Å². The molecule has 0 aliphatic heterocycles. The number of nitrogens with one attached hydrogen (secondary N) is 1. The Hall–Kier alpha value is -1.07. The van der Waals surface area contributed by atoms with Crippen LogP contribution in [0.3, 0.4) is 0 Å². The first-order valence-electron chi connectivity index (χ1n) is 8.46. The molecule has 0 spiro atoms. The van der Waals surface area contributed by atoms with Crippen molar-refractivity contribution in [3.05, 3.63) is 28.2 Å². The van der Waals surface area contributed by atoms with Crippen molar-refractivity contribution in [3.8, 4) is 5.75 Å². The molecule has 2 rings (SSSR count). The van der Waals surface area contributed by atoms with Crippen LogP contribution in [0.4, 0.5) is 0 Å². The van der Waals surface area contributed by atoms with E-state index < -0.39 is 0 Å². The normalized spacial score (nSPS) is 16.8. The summed E-state index contributed by atoms with van der Waals surface area (Å²) in [4.78, 5) is 12.2. The van der Waals surface area contributed by atoms with Gasteiger partial charge in [0.1, 0.15) is 5.75 Å². The Labute approximate surface area is 147 Å². The fraction of sp³-hybridized carbons (Fsp3) is 0.611. The lowest BCUT2D eigenvalue weighted by atomic mass is 9.84. The number of ether oxygens (including phenoxy) is 1. The molecule has 1 aromatic rings. The van der Waals surface area contributed by atoms with Crippen molar-refractivity contribution < 1.29 is 9.53 Å². The second-order valence-corrected chi connectivity index (χ2v) is 7.13. The Kier molecular flexibility index (Phi) is 7.37. The number of methoxy groups -OCH3 is 1. The third-order valence-electron chi connectivity index (χ3n) is 4.68. The topological polar surface area (TPSA) is 64.3 Å². The van der Waals surface area contributed by atoms with E-state index in [0.717, 1.165) is 22.2 Å². The molecule has 23 heavy (non-hydrogen) atoms. The molecule has 1 unspecified atom stereocenters. The van der Waals surface area contributed by atoms with Gasteiger partial charge in [-0.25, -0.2) is 0 Å². The summed E-state index contributed by atoms with van der Waals surface area (Å²) in [6.07, 6.45) is 7.42. The highest BCUT2D eigenvalue weighted by molar-refractivity contribution is 9.10. The number of hydrogen-bond acceptors (Lipinski definition) is 3. The first-order valence-corrected chi connectivity index (χ1v) is 9.25. The van der Waals surface area contributed by atoms with E-state index in [2.05, 4.69) is 21.2 Å². The van der Waals surface area contributed by atoms with Gasteiger partial charge in [0, 0.05) is 19.0 Å². The van der Waals surface area contributed by atoms with Crippen molar-refractivity contribution in [1.82, 2.24) is 5.32 Å². The lowest BCUT2D eigenvalue weighted by Gasteiger charge is -2.30. The largest absolute Gasteiger partial charge is 0.496 e. The van der Waals surface area contributed by atoms with Gasteiger partial charge in [0.2, 0.25) is 5.91 Å². The lowest BCUT2D eigenvalue weighted by Crippen LogP contribution is -2.45. The average Bonchev–Trinajstić information content (AvgIpc) is 2.58. The molecule has 128 valence electrons. The molecule has 4 nitrogen and oxygen atoms in total. The molecule has 0 heterocycles. The summed E-state index contributed by atoms with van der Waals surface area (Å²) in [5, 5.41) is 3.14. The summed E-state index contributed by atoms with van der Waals surface area (Å²) in [7, 11) is 1.64. The number of nitrogens with two attached hydrogens (primary N) is 1. The monoisotopic (exact) mass is 382 g/mol. The minimum atomic E-state index is 0.0953. The van der Waals surface area contributed by atoms with Crippen LogP contribution in [0.25, 0.3) is 0 Å². The molecule has 0 bridgehead atoms. The number of hydrogen-bond donors (Lipinski definition) is 2. The van der Waals surface area contributed by atoms with Gasteiger partial charge in [-0.3, -0.25) is 4.79 Å². The lowest BCUT2D eigenvalue weighted by molar-refractivity contribution is -0.122.